The Balaban J connectivity index is 1.90. The fourth-order valence-electron chi connectivity index (χ4n) is 3.07. The number of carbonyl (C=O) groups is 1. The number of fused-ring (bicyclic) bond motifs is 2. The summed E-state index contributed by atoms with van der Waals surface area (Å²) < 4.78 is 15.4. The van der Waals surface area contributed by atoms with Gasteiger partial charge in [-0.1, -0.05) is 0 Å². The molecule has 2 aromatic carbocycles. The first-order chi connectivity index (χ1) is 12.9. The molecule has 3 N–H and O–H groups in total. The maximum Gasteiger partial charge on any atom is 0.248 e. The minimum Gasteiger partial charge on any atom is -0.366 e. The average molecular weight is 366 g/mol. The number of halogens is 1. The van der Waals surface area contributed by atoms with Crippen molar-refractivity contribution in [1.82, 2.24) is 24.6 Å². The zero-order chi connectivity index (χ0) is 19.1. The highest BCUT2D eigenvalue weighted by Crippen LogP contribution is 2.29. The lowest BCUT2D eigenvalue weighted by Crippen LogP contribution is -2.19. The standard InChI is InChI=1S/C19H19FN6O/c1-25(2)7-8-26-16-6-3-11(18(21)27)9-13(16)17(24-26)19-22-14-5-4-12(20)10-15(14)23-19/h3-6,9-10H,7-8H2,1-2H3,(H2,21,27)(H,22,23). The van der Waals surface area contributed by atoms with Crippen molar-refractivity contribution >= 4 is 27.8 Å². The van der Waals surface area contributed by atoms with Gasteiger partial charge in [-0.2, -0.15) is 5.10 Å². The highest BCUT2D eigenvalue weighted by atomic mass is 19.1. The number of nitrogens with zero attached hydrogens (tertiary/aromatic N) is 4. The largest absolute Gasteiger partial charge is 0.366 e. The smallest absolute Gasteiger partial charge is 0.248 e. The van der Waals surface area contributed by atoms with Gasteiger partial charge in [0.2, 0.25) is 5.91 Å². The predicted molar refractivity (Wildman–Crippen MR) is 102 cm³/mol. The molecule has 4 rings (SSSR count). The SMILES string of the molecule is CN(C)CCn1nc(-c2nc3ccc(F)cc3[nH]2)c2cc(C(N)=O)ccc21. The highest BCUT2D eigenvalue weighted by Gasteiger charge is 2.17. The molecule has 2 aromatic heterocycles. The fraction of sp³-hybridized carbons (Fsp3) is 0.211. The number of aromatic amines is 1. The molecule has 0 aliphatic carbocycles. The summed E-state index contributed by atoms with van der Waals surface area (Å²) in [4.78, 5) is 21.3. The molecule has 0 aliphatic heterocycles. The van der Waals surface area contributed by atoms with Crippen LogP contribution in [0.2, 0.25) is 0 Å². The van der Waals surface area contributed by atoms with E-state index in [4.69, 9.17) is 10.8 Å². The number of likely N-dealkylation sites (N-methyl/N-ethyl adjacent to an activating group) is 1. The number of imidazole rings is 1. The Hall–Kier alpha value is -3.26. The first-order valence-electron chi connectivity index (χ1n) is 8.53. The Morgan fingerprint density at radius 2 is 2.07 bits per heavy atom. The average Bonchev–Trinajstić information content (AvgIpc) is 3.19. The number of hydrogen-bond acceptors (Lipinski definition) is 4. The summed E-state index contributed by atoms with van der Waals surface area (Å²) in [6.45, 7) is 1.48. The molecule has 0 saturated carbocycles. The van der Waals surface area contributed by atoms with Crippen LogP contribution in [0.5, 0.6) is 0 Å². The maximum atomic E-state index is 13.5. The van der Waals surface area contributed by atoms with E-state index >= 15 is 0 Å². The predicted octanol–water partition coefficient (Wildman–Crippen LogP) is 2.38. The number of amides is 1. The van der Waals surface area contributed by atoms with Crippen molar-refractivity contribution in [3.05, 3.63) is 47.8 Å². The van der Waals surface area contributed by atoms with Gasteiger partial charge in [0.1, 0.15) is 11.5 Å². The van der Waals surface area contributed by atoms with E-state index in [-0.39, 0.29) is 5.82 Å². The van der Waals surface area contributed by atoms with Crippen molar-refractivity contribution in [2.45, 2.75) is 6.54 Å². The summed E-state index contributed by atoms with van der Waals surface area (Å²) in [7, 11) is 3.98. The number of primary amides is 1. The molecular formula is C19H19FN6O. The van der Waals surface area contributed by atoms with E-state index in [0.717, 1.165) is 17.4 Å². The van der Waals surface area contributed by atoms with E-state index in [1.54, 1.807) is 18.2 Å². The topological polar surface area (TPSA) is 92.8 Å². The van der Waals surface area contributed by atoms with Gasteiger partial charge in [-0.15, -0.1) is 0 Å². The number of H-pyrrole nitrogens is 1. The van der Waals surface area contributed by atoms with Crippen LogP contribution in [-0.2, 0) is 6.54 Å². The van der Waals surface area contributed by atoms with Crippen LogP contribution in [0, 0.1) is 5.82 Å². The van der Waals surface area contributed by atoms with Gasteiger partial charge in [0.05, 0.1) is 23.1 Å². The molecule has 0 radical (unpaired) electrons. The third-order valence-corrected chi connectivity index (χ3v) is 4.46. The summed E-state index contributed by atoms with van der Waals surface area (Å²) >= 11 is 0. The highest BCUT2D eigenvalue weighted by molar-refractivity contribution is 6.01. The molecule has 4 aromatic rings. The zero-order valence-electron chi connectivity index (χ0n) is 15.0. The summed E-state index contributed by atoms with van der Waals surface area (Å²) in [5.74, 6) is -0.323. The van der Waals surface area contributed by atoms with Crippen LogP contribution in [-0.4, -0.2) is 51.2 Å². The van der Waals surface area contributed by atoms with Crippen LogP contribution in [0.3, 0.4) is 0 Å². The van der Waals surface area contributed by atoms with Gasteiger partial charge in [0.15, 0.2) is 5.82 Å². The number of hydrogen-bond donors (Lipinski definition) is 2. The number of nitrogens with one attached hydrogen (secondary N) is 1. The molecule has 0 saturated heterocycles. The fourth-order valence-corrected chi connectivity index (χ4v) is 3.07. The molecule has 0 bridgehead atoms. The third-order valence-electron chi connectivity index (χ3n) is 4.46. The van der Waals surface area contributed by atoms with Gasteiger partial charge >= 0.3 is 0 Å². The molecule has 2 heterocycles. The second-order valence-corrected chi connectivity index (χ2v) is 6.72. The normalized spacial score (nSPS) is 11.7. The Labute approximate surface area is 154 Å². The third kappa shape index (κ3) is 3.15. The van der Waals surface area contributed by atoms with Crippen molar-refractivity contribution in [2.24, 2.45) is 5.73 Å². The summed E-state index contributed by atoms with van der Waals surface area (Å²) in [5, 5.41) is 5.47. The van der Waals surface area contributed by atoms with E-state index in [1.165, 1.54) is 12.1 Å². The van der Waals surface area contributed by atoms with Crippen LogP contribution in [0.25, 0.3) is 33.5 Å². The van der Waals surface area contributed by atoms with Crippen molar-refractivity contribution in [3.63, 3.8) is 0 Å². The number of rotatable bonds is 5. The van der Waals surface area contributed by atoms with Crippen molar-refractivity contribution in [3.8, 4) is 11.5 Å². The molecule has 8 heteroatoms. The molecule has 0 fully saturated rings. The summed E-state index contributed by atoms with van der Waals surface area (Å²) in [5.41, 5.74) is 8.55. The second kappa shape index (κ2) is 6.48. The summed E-state index contributed by atoms with van der Waals surface area (Å²) in [6.07, 6.45) is 0. The summed E-state index contributed by atoms with van der Waals surface area (Å²) in [6, 6.07) is 9.63. The molecule has 0 atom stereocenters. The second-order valence-electron chi connectivity index (χ2n) is 6.72. The van der Waals surface area contributed by atoms with Crippen LogP contribution >= 0.6 is 0 Å². The molecule has 138 valence electrons. The van der Waals surface area contributed by atoms with Crippen LogP contribution in [0.15, 0.2) is 36.4 Å². The minimum absolute atomic E-state index is 0.338. The number of aromatic nitrogens is 4. The lowest BCUT2D eigenvalue weighted by atomic mass is 10.1. The van der Waals surface area contributed by atoms with Gasteiger partial charge in [-0.05, 0) is 50.5 Å². The zero-order valence-corrected chi connectivity index (χ0v) is 15.0. The number of carbonyl (C=O) groups excluding carboxylic acids is 1. The molecule has 27 heavy (non-hydrogen) atoms. The number of nitrogens with two attached hydrogens (primary N) is 1. The van der Waals surface area contributed by atoms with Gasteiger partial charge in [0, 0.05) is 17.5 Å². The Morgan fingerprint density at radius 1 is 1.26 bits per heavy atom. The van der Waals surface area contributed by atoms with Crippen molar-refractivity contribution in [2.75, 3.05) is 20.6 Å². The first-order valence-corrected chi connectivity index (χ1v) is 8.53. The molecule has 0 unspecified atom stereocenters. The van der Waals surface area contributed by atoms with Gasteiger partial charge in [0.25, 0.3) is 0 Å². The van der Waals surface area contributed by atoms with E-state index < -0.39 is 5.91 Å². The van der Waals surface area contributed by atoms with E-state index in [1.807, 2.05) is 24.8 Å². The Bertz CT molecular complexity index is 1160. The number of benzene rings is 2. The first kappa shape index (κ1) is 17.2. The Morgan fingerprint density at radius 3 is 2.81 bits per heavy atom. The maximum absolute atomic E-state index is 13.5. The van der Waals surface area contributed by atoms with E-state index in [2.05, 4.69) is 14.9 Å². The van der Waals surface area contributed by atoms with Gasteiger partial charge < -0.3 is 15.6 Å². The minimum atomic E-state index is -0.504. The van der Waals surface area contributed by atoms with Gasteiger partial charge in [-0.3, -0.25) is 9.48 Å². The van der Waals surface area contributed by atoms with E-state index in [9.17, 15) is 9.18 Å². The quantitative estimate of drug-likeness (QED) is 0.567. The Kier molecular flexibility index (Phi) is 4.12. The van der Waals surface area contributed by atoms with Crippen molar-refractivity contribution < 1.29 is 9.18 Å². The lowest BCUT2D eigenvalue weighted by molar-refractivity contribution is 0.100. The van der Waals surface area contributed by atoms with Gasteiger partial charge in [-0.25, -0.2) is 9.37 Å². The van der Waals surface area contributed by atoms with Crippen molar-refractivity contribution in [1.29, 1.82) is 0 Å². The lowest BCUT2D eigenvalue weighted by Gasteiger charge is -2.09. The molecule has 7 nitrogen and oxygen atoms in total. The van der Waals surface area contributed by atoms with Crippen LogP contribution < -0.4 is 5.73 Å². The van der Waals surface area contributed by atoms with Crippen LogP contribution in [0.4, 0.5) is 4.39 Å². The molecular weight excluding hydrogens is 347 g/mol. The van der Waals surface area contributed by atoms with Crippen LogP contribution in [0.1, 0.15) is 10.4 Å². The molecule has 0 aliphatic rings. The molecule has 1 amide bonds. The monoisotopic (exact) mass is 366 g/mol. The van der Waals surface area contributed by atoms with E-state index in [0.29, 0.717) is 34.7 Å². The molecule has 0 spiro atoms.